The summed E-state index contributed by atoms with van der Waals surface area (Å²) in [4.78, 5) is 14.6. The highest BCUT2D eigenvalue weighted by Gasteiger charge is 2.32. The fourth-order valence-corrected chi connectivity index (χ4v) is 5.36. The fourth-order valence-electron chi connectivity index (χ4n) is 5.36. The molecule has 0 spiro atoms. The van der Waals surface area contributed by atoms with Crippen LogP contribution in [0.25, 0.3) is 0 Å². The summed E-state index contributed by atoms with van der Waals surface area (Å²) in [6.45, 7) is 12.3. The third-order valence-electron chi connectivity index (χ3n) is 7.34. The number of carbonyl (C=O) groups is 1. The Kier molecular flexibility index (Phi) is 8.87. The molecule has 0 radical (unpaired) electrons. The summed E-state index contributed by atoms with van der Waals surface area (Å²) in [6.07, 6.45) is 11.3. The van der Waals surface area contributed by atoms with Crippen LogP contribution in [0.5, 0.6) is 11.5 Å². The van der Waals surface area contributed by atoms with Gasteiger partial charge in [-0.3, -0.25) is 0 Å². The molecule has 33 heavy (non-hydrogen) atoms. The van der Waals surface area contributed by atoms with Crippen LogP contribution in [0.4, 0.5) is 4.79 Å². The van der Waals surface area contributed by atoms with Gasteiger partial charge in [0.2, 0.25) is 0 Å². The van der Waals surface area contributed by atoms with Crippen molar-refractivity contribution in [2.45, 2.75) is 91.0 Å². The van der Waals surface area contributed by atoms with E-state index in [0.29, 0.717) is 5.56 Å². The van der Waals surface area contributed by atoms with Gasteiger partial charge in [0.15, 0.2) is 0 Å². The number of unbranched alkanes of at least 4 members (excludes halogenated alkanes) is 2. The van der Waals surface area contributed by atoms with Crippen LogP contribution in [-0.2, 0) is 13.0 Å². The minimum atomic E-state index is -0.113. The first kappa shape index (κ1) is 25.2. The molecule has 2 aliphatic rings. The Bertz CT molecular complexity index is 884. The summed E-state index contributed by atoms with van der Waals surface area (Å²) in [5.41, 5.74) is 4.56. The zero-order chi connectivity index (χ0) is 24.0. The highest BCUT2D eigenvalue weighted by Crippen LogP contribution is 2.48. The molecule has 1 saturated heterocycles. The number of phenolic OH excluding ortho intramolecular Hbond substituents is 2. The average Bonchev–Trinajstić information content (AvgIpc) is 2.79. The molecule has 1 aromatic carbocycles. The van der Waals surface area contributed by atoms with Crippen molar-refractivity contribution in [2.75, 3.05) is 13.1 Å². The number of benzene rings is 1. The number of piperidine rings is 1. The molecule has 0 saturated carbocycles. The molecule has 0 aromatic heterocycles. The zero-order valence-electron chi connectivity index (χ0n) is 20.8. The van der Waals surface area contributed by atoms with E-state index in [4.69, 9.17) is 0 Å². The van der Waals surface area contributed by atoms with E-state index in [1.165, 1.54) is 12.0 Å². The minimum Gasteiger partial charge on any atom is -0.507 e. The van der Waals surface area contributed by atoms with E-state index in [9.17, 15) is 15.0 Å². The van der Waals surface area contributed by atoms with Gasteiger partial charge < -0.3 is 20.4 Å². The molecule has 182 valence electrons. The third-order valence-corrected chi connectivity index (χ3v) is 7.34. The van der Waals surface area contributed by atoms with Crippen molar-refractivity contribution in [1.82, 2.24) is 10.2 Å². The molecule has 1 aliphatic carbocycles. The molecule has 1 fully saturated rings. The van der Waals surface area contributed by atoms with E-state index >= 15 is 0 Å². The van der Waals surface area contributed by atoms with Gasteiger partial charge in [-0.1, -0.05) is 43.6 Å². The van der Waals surface area contributed by atoms with Gasteiger partial charge in [0.25, 0.3) is 0 Å². The summed E-state index contributed by atoms with van der Waals surface area (Å²) < 4.78 is 0. The Labute approximate surface area is 199 Å². The summed E-state index contributed by atoms with van der Waals surface area (Å²) in [5, 5.41) is 25.6. The zero-order valence-corrected chi connectivity index (χ0v) is 20.8. The highest BCUT2D eigenvalue weighted by atomic mass is 16.3. The molecule has 2 atom stereocenters. The number of allylic oxidation sites excluding steroid dienone is 3. The van der Waals surface area contributed by atoms with Crippen LogP contribution < -0.4 is 5.32 Å². The summed E-state index contributed by atoms with van der Waals surface area (Å²) in [6, 6.07) is 1.75. The first-order chi connectivity index (χ1) is 15.8. The van der Waals surface area contributed by atoms with Gasteiger partial charge in [0, 0.05) is 36.7 Å². The fraction of sp³-hybridized carbons (Fsp3) is 0.607. The van der Waals surface area contributed by atoms with Crippen LogP contribution in [0, 0.1) is 5.92 Å². The number of amides is 2. The molecule has 5 heteroatoms. The number of hydrogen-bond donors (Lipinski definition) is 3. The first-order valence-corrected chi connectivity index (χ1v) is 12.8. The SMILES string of the molecule is C=C(C)C1CCC(C)=CC1c1c(O)cc(CCCCC)c(CNC(=O)N2CCCCC2)c1O. The van der Waals surface area contributed by atoms with Gasteiger partial charge in [0.05, 0.1) is 0 Å². The quantitative estimate of drug-likeness (QED) is 0.308. The smallest absolute Gasteiger partial charge is 0.317 e. The van der Waals surface area contributed by atoms with Crippen LogP contribution in [0.1, 0.15) is 94.7 Å². The first-order valence-electron chi connectivity index (χ1n) is 12.8. The molecule has 5 nitrogen and oxygen atoms in total. The Hall–Kier alpha value is -2.43. The number of hydrogen-bond acceptors (Lipinski definition) is 3. The molecule has 1 heterocycles. The van der Waals surface area contributed by atoms with Gasteiger partial charge in [-0.05, 0) is 76.3 Å². The maximum absolute atomic E-state index is 12.8. The lowest BCUT2D eigenvalue weighted by Crippen LogP contribution is -2.42. The van der Waals surface area contributed by atoms with E-state index in [1.54, 1.807) is 0 Å². The maximum atomic E-state index is 12.8. The van der Waals surface area contributed by atoms with Crippen molar-refractivity contribution in [2.24, 2.45) is 5.92 Å². The predicted octanol–water partition coefficient (Wildman–Crippen LogP) is 6.54. The maximum Gasteiger partial charge on any atom is 0.317 e. The molecule has 0 bridgehead atoms. The number of aromatic hydroxyl groups is 2. The second-order valence-corrected chi connectivity index (χ2v) is 9.99. The van der Waals surface area contributed by atoms with Crippen LogP contribution in [-0.4, -0.2) is 34.2 Å². The number of likely N-dealkylation sites (tertiary alicyclic amines) is 1. The van der Waals surface area contributed by atoms with Gasteiger partial charge in [-0.15, -0.1) is 0 Å². The molecule has 1 aromatic rings. The third kappa shape index (κ3) is 6.13. The average molecular weight is 455 g/mol. The van der Waals surface area contributed by atoms with E-state index in [0.717, 1.165) is 81.2 Å². The van der Waals surface area contributed by atoms with Crippen molar-refractivity contribution >= 4 is 6.03 Å². The van der Waals surface area contributed by atoms with E-state index in [1.807, 2.05) is 17.9 Å². The highest BCUT2D eigenvalue weighted by molar-refractivity contribution is 5.74. The standard InChI is InChI=1S/C28H42N2O3/c1-5-6-8-11-21-17-25(31)26(23-16-20(4)12-13-22(23)19(2)3)27(32)24(21)18-29-28(33)30-14-9-7-10-15-30/h16-17,22-23,31-32H,2,5-15,18H2,1,3-4H3,(H,29,33). The van der Waals surface area contributed by atoms with E-state index in [2.05, 4.69) is 31.8 Å². The number of nitrogens with zero attached hydrogens (tertiary/aromatic N) is 1. The summed E-state index contributed by atoms with van der Waals surface area (Å²) in [5.74, 6) is 0.333. The van der Waals surface area contributed by atoms with Crippen LogP contribution in [0.2, 0.25) is 0 Å². The van der Waals surface area contributed by atoms with E-state index in [-0.39, 0.29) is 35.9 Å². The topological polar surface area (TPSA) is 72.8 Å². The number of urea groups is 1. The van der Waals surface area contributed by atoms with Crippen LogP contribution in [0.3, 0.4) is 0 Å². The van der Waals surface area contributed by atoms with Crippen molar-refractivity contribution < 1.29 is 15.0 Å². The van der Waals surface area contributed by atoms with Crippen molar-refractivity contribution in [3.8, 4) is 11.5 Å². The van der Waals surface area contributed by atoms with Gasteiger partial charge >= 0.3 is 6.03 Å². The number of phenols is 2. The van der Waals surface area contributed by atoms with Crippen LogP contribution in [0.15, 0.2) is 29.9 Å². The van der Waals surface area contributed by atoms with Gasteiger partial charge in [-0.2, -0.15) is 0 Å². The van der Waals surface area contributed by atoms with Gasteiger partial charge in [-0.25, -0.2) is 4.79 Å². The van der Waals surface area contributed by atoms with E-state index < -0.39 is 0 Å². The lowest BCUT2D eigenvalue weighted by atomic mass is 9.73. The normalized spacial score (nSPS) is 20.9. The molecule has 2 unspecified atom stereocenters. The second-order valence-electron chi connectivity index (χ2n) is 9.99. The summed E-state index contributed by atoms with van der Waals surface area (Å²) >= 11 is 0. The lowest BCUT2D eigenvalue weighted by Gasteiger charge is -2.32. The van der Waals surface area contributed by atoms with Crippen molar-refractivity contribution in [3.05, 3.63) is 46.6 Å². The second kappa shape index (κ2) is 11.6. The Morgan fingerprint density at radius 2 is 1.94 bits per heavy atom. The predicted molar refractivity (Wildman–Crippen MR) is 135 cm³/mol. The number of rotatable bonds is 8. The number of nitrogens with one attached hydrogen (secondary N) is 1. The Morgan fingerprint density at radius 1 is 1.21 bits per heavy atom. The van der Waals surface area contributed by atoms with Gasteiger partial charge in [0.1, 0.15) is 11.5 Å². The largest absolute Gasteiger partial charge is 0.507 e. The van der Waals surface area contributed by atoms with Crippen molar-refractivity contribution in [1.29, 1.82) is 0 Å². The monoisotopic (exact) mass is 454 g/mol. The number of aryl methyl sites for hydroxylation is 1. The minimum absolute atomic E-state index is 0.0727. The van der Waals surface area contributed by atoms with Crippen LogP contribution >= 0.6 is 0 Å². The molecule has 1 aliphatic heterocycles. The van der Waals surface area contributed by atoms with Crippen molar-refractivity contribution in [3.63, 3.8) is 0 Å². The molecule has 2 amide bonds. The molecule has 3 N–H and O–H groups in total. The molecular formula is C28H42N2O3. The molecular weight excluding hydrogens is 412 g/mol. The molecule has 3 rings (SSSR count). The lowest BCUT2D eigenvalue weighted by molar-refractivity contribution is 0.186. The Balaban J connectivity index is 1.95. The Morgan fingerprint density at radius 3 is 2.61 bits per heavy atom. The number of carbonyl (C=O) groups excluding carboxylic acids is 1. The summed E-state index contributed by atoms with van der Waals surface area (Å²) in [7, 11) is 0.